The zero-order valence-electron chi connectivity index (χ0n) is 30.0. The van der Waals surface area contributed by atoms with E-state index in [1.54, 1.807) is 16.7 Å². The second kappa shape index (κ2) is 12.5. The van der Waals surface area contributed by atoms with Crippen LogP contribution in [0.2, 0.25) is 0 Å². The van der Waals surface area contributed by atoms with Gasteiger partial charge < -0.3 is 5.32 Å². The smallest absolute Gasteiger partial charge is 0.131 e. The van der Waals surface area contributed by atoms with Crippen LogP contribution in [0.3, 0.4) is 0 Å². The van der Waals surface area contributed by atoms with E-state index in [-0.39, 0.29) is 23.8 Å². The normalized spacial score (nSPS) is 32.2. The monoisotopic (exact) mass is 658 g/mol. The van der Waals surface area contributed by atoms with Gasteiger partial charge in [-0.15, -0.1) is 0 Å². The van der Waals surface area contributed by atoms with Crippen LogP contribution in [0.5, 0.6) is 0 Å². The molecule has 2 aliphatic heterocycles. The molecule has 8 atom stereocenters. The predicted molar refractivity (Wildman–Crippen MR) is 209 cm³/mol. The van der Waals surface area contributed by atoms with Crippen LogP contribution in [0.15, 0.2) is 107 Å². The van der Waals surface area contributed by atoms with Crippen molar-refractivity contribution < 1.29 is 0 Å². The highest BCUT2D eigenvalue weighted by Gasteiger charge is 2.40. The zero-order valence-corrected chi connectivity index (χ0v) is 30.0. The van der Waals surface area contributed by atoms with Crippen molar-refractivity contribution in [3.63, 3.8) is 0 Å². The first kappa shape index (κ1) is 31.7. The Bertz CT molecular complexity index is 2010. The first-order valence-corrected chi connectivity index (χ1v) is 19.1. The topological polar surface area (TPSA) is 48.8 Å². The van der Waals surface area contributed by atoms with Crippen LogP contribution in [0.4, 0.5) is 0 Å². The lowest BCUT2D eigenvalue weighted by atomic mass is 9.64. The van der Waals surface area contributed by atoms with E-state index in [1.807, 2.05) is 0 Å². The van der Waals surface area contributed by atoms with Gasteiger partial charge in [-0.3, -0.25) is 10.3 Å². The zero-order chi connectivity index (χ0) is 34.0. The van der Waals surface area contributed by atoms with Crippen LogP contribution in [-0.2, 0) is 5.41 Å². The molecule has 50 heavy (non-hydrogen) atoms. The molecule has 4 heteroatoms. The number of benzene rings is 3. The van der Waals surface area contributed by atoms with Gasteiger partial charge in [-0.25, -0.2) is 4.99 Å². The molecule has 0 fully saturated rings. The summed E-state index contributed by atoms with van der Waals surface area (Å²) in [6.45, 7) is 9.45. The molecule has 4 nitrogen and oxygen atoms in total. The Hall–Kier alpha value is -4.28. The maximum Gasteiger partial charge on any atom is 0.131 e. The molecule has 2 heterocycles. The first-order valence-electron chi connectivity index (χ1n) is 19.1. The van der Waals surface area contributed by atoms with Gasteiger partial charge in [-0.2, -0.15) is 0 Å². The summed E-state index contributed by atoms with van der Waals surface area (Å²) in [5.41, 5.74) is 14.0. The van der Waals surface area contributed by atoms with Crippen LogP contribution in [-0.4, -0.2) is 23.8 Å². The standard InChI is InChI=1S/C46H50N4/c1-28-18-19-32-21-20-31-16-11-17-36-38(27-37(28)42(32)41(31)36)39-26-35(22-23-40(39)46(4)25-24-29(2)47-30(46)3)45-49-43(33-12-7-5-8-13-33)48-44(50-45)34-14-9-6-10-15-34/h5-14,17,20-23,26-28,30-32,34,44-45,50H,15-16,18-19,24-25H2,1-4H3,(H,48,49). The Labute approximate surface area is 298 Å². The summed E-state index contributed by atoms with van der Waals surface area (Å²) in [6, 6.07) is 20.8. The molecule has 0 saturated carbocycles. The summed E-state index contributed by atoms with van der Waals surface area (Å²) in [5, 5.41) is 7.74. The van der Waals surface area contributed by atoms with Crippen molar-refractivity contribution in [2.45, 2.75) is 108 Å². The Kier molecular flexibility index (Phi) is 7.92. The van der Waals surface area contributed by atoms with E-state index in [0.717, 1.165) is 37.1 Å². The maximum atomic E-state index is 5.39. The number of nitrogens with one attached hydrogen (secondary N) is 2. The SMILES string of the molecule is CC1=NC(C)C(C)(c2ccc(C3N=C(c4ccccc4)NC(C4C=CC=CC4)N3)cc2-c2cc3c4c5c2C=CCC5C=CC4CCC3C)CC1. The largest absolute Gasteiger partial charge is 0.354 e. The van der Waals surface area contributed by atoms with Gasteiger partial charge in [0.05, 0.1) is 12.2 Å². The first-order chi connectivity index (χ1) is 24.4. The minimum absolute atomic E-state index is 0.0628. The Morgan fingerprint density at radius 3 is 2.50 bits per heavy atom. The highest BCUT2D eigenvalue weighted by atomic mass is 15.3. The van der Waals surface area contributed by atoms with Gasteiger partial charge in [0.1, 0.15) is 12.0 Å². The van der Waals surface area contributed by atoms with Crippen molar-refractivity contribution in [1.82, 2.24) is 10.6 Å². The van der Waals surface area contributed by atoms with Gasteiger partial charge in [0.25, 0.3) is 0 Å². The molecule has 8 unspecified atom stereocenters. The van der Waals surface area contributed by atoms with E-state index in [0.29, 0.717) is 23.7 Å². The number of allylic oxidation sites excluding steroid dienone is 6. The summed E-state index contributed by atoms with van der Waals surface area (Å²) in [4.78, 5) is 10.6. The third-order valence-electron chi connectivity index (χ3n) is 12.9. The van der Waals surface area contributed by atoms with Gasteiger partial charge in [-0.1, -0.05) is 105 Å². The Morgan fingerprint density at radius 1 is 0.820 bits per heavy atom. The second-order valence-electron chi connectivity index (χ2n) is 16.0. The van der Waals surface area contributed by atoms with Gasteiger partial charge in [0, 0.05) is 34.4 Å². The number of nitrogens with zero attached hydrogens (tertiary/aromatic N) is 2. The molecular formula is C46H50N4. The van der Waals surface area contributed by atoms with E-state index < -0.39 is 0 Å². The lowest BCUT2D eigenvalue weighted by molar-refractivity contribution is 0.328. The molecule has 254 valence electrons. The van der Waals surface area contributed by atoms with Gasteiger partial charge in [0.15, 0.2) is 0 Å². The molecule has 0 bridgehead atoms. The number of amidine groups is 1. The quantitative estimate of drug-likeness (QED) is 0.268. The van der Waals surface area contributed by atoms with Crippen LogP contribution in [0.1, 0.15) is 129 Å². The molecule has 3 aromatic rings. The lowest BCUT2D eigenvalue weighted by Crippen LogP contribution is -2.54. The molecule has 4 aliphatic carbocycles. The van der Waals surface area contributed by atoms with E-state index in [9.17, 15) is 0 Å². The van der Waals surface area contributed by atoms with Crippen LogP contribution in [0.25, 0.3) is 17.2 Å². The molecule has 0 amide bonds. The summed E-state index contributed by atoms with van der Waals surface area (Å²) in [7, 11) is 0. The third-order valence-corrected chi connectivity index (χ3v) is 12.9. The number of aliphatic imine (C=N–C) groups is 2. The minimum Gasteiger partial charge on any atom is -0.354 e. The molecule has 2 N–H and O–H groups in total. The van der Waals surface area contributed by atoms with Crippen LogP contribution in [0, 0.1) is 5.92 Å². The van der Waals surface area contributed by atoms with Crippen molar-refractivity contribution >= 4 is 17.6 Å². The third kappa shape index (κ3) is 5.30. The van der Waals surface area contributed by atoms with Crippen molar-refractivity contribution in [3.8, 4) is 11.1 Å². The minimum atomic E-state index is -0.178. The fourth-order valence-corrected chi connectivity index (χ4v) is 9.76. The van der Waals surface area contributed by atoms with Crippen molar-refractivity contribution in [1.29, 1.82) is 0 Å². The summed E-state index contributed by atoms with van der Waals surface area (Å²) < 4.78 is 0. The summed E-state index contributed by atoms with van der Waals surface area (Å²) >= 11 is 0. The van der Waals surface area contributed by atoms with Crippen LogP contribution < -0.4 is 10.6 Å². The molecule has 0 aromatic heterocycles. The molecule has 9 rings (SSSR count). The van der Waals surface area contributed by atoms with Gasteiger partial charge in [0.2, 0.25) is 0 Å². The number of rotatable bonds is 5. The average Bonchev–Trinajstić information content (AvgIpc) is 3.16. The summed E-state index contributed by atoms with van der Waals surface area (Å²) in [6.07, 6.45) is 25.5. The molecule has 3 aromatic carbocycles. The second-order valence-corrected chi connectivity index (χ2v) is 16.0. The molecule has 0 radical (unpaired) electrons. The lowest BCUT2D eigenvalue weighted by Gasteiger charge is -2.41. The number of hydrogen-bond donors (Lipinski definition) is 2. The maximum absolute atomic E-state index is 5.39. The molecular weight excluding hydrogens is 609 g/mol. The highest BCUT2D eigenvalue weighted by Crippen LogP contribution is 2.53. The van der Waals surface area contributed by atoms with Gasteiger partial charge >= 0.3 is 0 Å². The number of hydrogen-bond acceptors (Lipinski definition) is 4. The van der Waals surface area contributed by atoms with Gasteiger partial charge in [-0.05, 0) is 115 Å². The van der Waals surface area contributed by atoms with Crippen LogP contribution >= 0.6 is 0 Å². The Balaban J connectivity index is 1.24. The average molecular weight is 659 g/mol. The van der Waals surface area contributed by atoms with Crippen molar-refractivity contribution in [2.24, 2.45) is 15.9 Å². The van der Waals surface area contributed by atoms with E-state index in [4.69, 9.17) is 9.98 Å². The van der Waals surface area contributed by atoms with E-state index in [2.05, 4.69) is 142 Å². The molecule has 0 spiro atoms. The molecule has 6 aliphatic rings. The predicted octanol–water partition coefficient (Wildman–Crippen LogP) is 10.4. The fourth-order valence-electron chi connectivity index (χ4n) is 9.76. The fraction of sp³-hybridized carbons (Fsp3) is 0.391. The Morgan fingerprint density at radius 2 is 1.68 bits per heavy atom. The van der Waals surface area contributed by atoms with E-state index >= 15 is 0 Å². The molecule has 0 saturated heterocycles. The highest BCUT2D eigenvalue weighted by molar-refractivity contribution is 5.99. The van der Waals surface area contributed by atoms with Crippen molar-refractivity contribution in [2.75, 3.05) is 0 Å². The summed E-state index contributed by atoms with van der Waals surface area (Å²) in [5.74, 6) is 2.87. The van der Waals surface area contributed by atoms with Crippen molar-refractivity contribution in [3.05, 3.63) is 136 Å². The van der Waals surface area contributed by atoms with E-state index in [1.165, 1.54) is 46.4 Å².